The maximum Gasteiger partial charge on any atom is 0.371 e. The number of carbonyl (C=O) groups is 1. The number of hydrogen-bond acceptors (Lipinski definition) is 5. The molecule has 0 fully saturated rings. The van der Waals surface area contributed by atoms with Crippen molar-refractivity contribution in [3.8, 4) is 0 Å². The highest BCUT2D eigenvalue weighted by atomic mass is 32.2. The largest absolute Gasteiger partial charge is 0.475 e. The van der Waals surface area contributed by atoms with E-state index in [0.29, 0.717) is 0 Å². The number of carboxylic acid groups (broad SMARTS) is 1. The quantitative estimate of drug-likeness (QED) is 0.764. The topological polar surface area (TPSA) is 106 Å². The molecule has 2 N–H and O–H groups in total. The Hall–Kier alpha value is -1.38. The van der Waals surface area contributed by atoms with Gasteiger partial charge in [-0.1, -0.05) is 0 Å². The molecule has 1 heterocycles. The molecule has 0 bridgehead atoms. The predicted octanol–water partition coefficient (Wildman–Crippen LogP) is 0.291. The normalized spacial score (nSPS) is 13.5. The van der Waals surface area contributed by atoms with Crippen molar-refractivity contribution in [3.05, 3.63) is 17.9 Å². The van der Waals surface area contributed by atoms with Crippen LogP contribution in [0.2, 0.25) is 0 Å². The van der Waals surface area contributed by atoms with E-state index >= 15 is 0 Å². The van der Waals surface area contributed by atoms with Crippen molar-refractivity contribution in [2.45, 2.75) is 18.1 Å². The molecule has 0 radical (unpaired) electrons. The van der Waals surface area contributed by atoms with E-state index in [1.54, 1.807) is 6.92 Å². The lowest BCUT2D eigenvalue weighted by Crippen LogP contribution is -2.31. The lowest BCUT2D eigenvalue weighted by molar-refractivity contribution is 0.0656. The molecule has 0 aliphatic rings. The van der Waals surface area contributed by atoms with E-state index in [4.69, 9.17) is 9.84 Å². The maximum atomic E-state index is 11.6. The molecule has 17 heavy (non-hydrogen) atoms. The number of nitrogens with one attached hydrogen (secondary N) is 1. The van der Waals surface area contributed by atoms with Gasteiger partial charge in [0.05, 0.1) is 6.10 Å². The minimum absolute atomic E-state index is 0.0714. The van der Waals surface area contributed by atoms with E-state index < -0.39 is 26.8 Å². The molecule has 0 saturated carbocycles. The van der Waals surface area contributed by atoms with Gasteiger partial charge in [-0.05, 0) is 19.1 Å². The summed E-state index contributed by atoms with van der Waals surface area (Å²) >= 11 is 0. The summed E-state index contributed by atoms with van der Waals surface area (Å²) in [7, 11) is -2.39. The van der Waals surface area contributed by atoms with Crippen LogP contribution < -0.4 is 4.72 Å². The number of carboxylic acids is 1. The first-order valence-corrected chi connectivity index (χ1v) is 6.20. The number of rotatable bonds is 6. The zero-order valence-corrected chi connectivity index (χ0v) is 10.2. The standard InChI is InChI=1S/C9H13NO6S/c1-6(15-2)5-10-17(13,14)8-4-3-7(16-8)9(11)12/h3-4,6,10H,5H2,1-2H3,(H,11,12). The van der Waals surface area contributed by atoms with E-state index in [1.807, 2.05) is 0 Å². The van der Waals surface area contributed by atoms with Gasteiger partial charge in [0.1, 0.15) is 0 Å². The van der Waals surface area contributed by atoms with E-state index in [2.05, 4.69) is 9.14 Å². The number of methoxy groups -OCH3 is 1. The third-order valence-corrected chi connectivity index (χ3v) is 3.32. The average molecular weight is 263 g/mol. The van der Waals surface area contributed by atoms with Crippen molar-refractivity contribution in [1.82, 2.24) is 4.72 Å². The molecule has 0 aliphatic carbocycles. The highest BCUT2D eigenvalue weighted by molar-refractivity contribution is 7.89. The van der Waals surface area contributed by atoms with E-state index in [0.717, 1.165) is 12.1 Å². The Morgan fingerprint density at radius 3 is 2.71 bits per heavy atom. The molecule has 96 valence electrons. The smallest absolute Gasteiger partial charge is 0.371 e. The Morgan fingerprint density at radius 2 is 2.24 bits per heavy atom. The van der Waals surface area contributed by atoms with Gasteiger partial charge in [0, 0.05) is 13.7 Å². The van der Waals surface area contributed by atoms with Crippen LogP contribution in [0.4, 0.5) is 0 Å². The van der Waals surface area contributed by atoms with Crippen molar-refractivity contribution in [3.63, 3.8) is 0 Å². The van der Waals surface area contributed by atoms with Crippen molar-refractivity contribution in [2.75, 3.05) is 13.7 Å². The summed E-state index contributed by atoms with van der Waals surface area (Å²) in [6.45, 7) is 1.76. The Kier molecular flexibility index (Phi) is 4.27. The third-order valence-electron chi connectivity index (χ3n) is 2.02. The molecular weight excluding hydrogens is 250 g/mol. The summed E-state index contributed by atoms with van der Waals surface area (Å²) in [6.07, 6.45) is -0.293. The van der Waals surface area contributed by atoms with Crippen molar-refractivity contribution >= 4 is 16.0 Å². The molecule has 0 aliphatic heterocycles. The van der Waals surface area contributed by atoms with Gasteiger partial charge in [-0.15, -0.1) is 0 Å². The summed E-state index contributed by atoms with van der Waals surface area (Å²) in [5.74, 6) is -1.75. The molecular formula is C9H13NO6S. The zero-order chi connectivity index (χ0) is 13.1. The van der Waals surface area contributed by atoms with Gasteiger partial charge in [0.25, 0.3) is 10.0 Å². The minimum Gasteiger partial charge on any atom is -0.475 e. The highest BCUT2D eigenvalue weighted by Gasteiger charge is 2.21. The molecule has 0 saturated heterocycles. The number of ether oxygens (including phenoxy) is 1. The molecule has 1 unspecified atom stereocenters. The second kappa shape index (κ2) is 5.30. The molecule has 7 nitrogen and oxygen atoms in total. The van der Waals surface area contributed by atoms with E-state index in [1.165, 1.54) is 7.11 Å². The van der Waals surface area contributed by atoms with Gasteiger partial charge in [0.15, 0.2) is 0 Å². The predicted molar refractivity (Wildman–Crippen MR) is 57.3 cm³/mol. The average Bonchev–Trinajstić information content (AvgIpc) is 2.76. The fraction of sp³-hybridized carbons (Fsp3) is 0.444. The van der Waals surface area contributed by atoms with E-state index in [9.17, 15) is 13.2 Å². The molecule has 1 aromatic rings. The molecule has 1 atom stereocenters. The van der Waals surface area contributed by atoms with Crippen LogP contribution in [0.3, 0.4) is 0 Å². The number of aromatic carboxylic acids is 1. The third kappa shape index (κ3) is 3.55. The molecule has 0 aromatic carbocycles. The van der Waals surface area contributed by atoms with Gasteiger partial charge in [0.2, 0.25) is 10.9 Å². The fourth-order valence-corrected chi connectivity index (χ4v) is 2.00. The maximum absolute atomic E-state index is 11.6. The van der Waals surface area contributed by atoms with Gasteiger partial charge in [-0.3, -0.25) is 0 Å². The Morgan fingerprint density at radius 1 is 1.59 bits per heavy atom. The molecule has 0 amide bonds. The second-order valence-corrected chi connectivity index (χ2v) is 5.02. The van der Waals surface area contributed by atoms with Gasteiger partial charge in [-0.25, -0.2) is 17.9 Å². The van der Waals surface area contributed by atoms with Crippen molar-refractivity contribution in [2.24, 2.45) is 0 Å². The molecule has 0 spiro atoms. The van der Waals surface area contributed by atoms with Crippen LogP contribution in [0, 0.1) is 0 Å². The van der Waals surface area contributed by atoms with Gasteiger partial charge >= 0.3 is 5.97 Å². The lowest BCUT2D eigenvalue weighted by atomic mass is 10.4. The van der Waals surface area contributed by atoms with Crippen molar-refractivity contribution in [1.29, 1.82) is 0 Å². The monoisotopic (exact) mass is 263 g/mol. The van der Waals surface area contributed by atoms with Crippen LogP contribution in [0.25, 0.3) is 0 Å². The first kappa shape index (κ1) is 13.7. The Bertz CT molecular complexity index is 491. The molecule has 1 rings (SSSR count). The summed E-state index contributed by atoms with van der Waals surface area (Å²) in [5, 5.41) is 8.16. The molecule has 8 heteroatoms. The van der Waals surface area contributed by atoms with Crippen molar-refractivity contribution < 1.29 is 27.5 Å². The van der Waals surface area contributed by atoms with Gasteiger partial charge in [-0.2, -0.15) is 0 Å². The first-order chi connectivity index (χ1) is 7.86. The Balaban J connectivity index is 2.79. The van der Waals surface area contributed by atoms with Crippen LogP contribution in [0.15, 0.2) is 21.6 Å². The lowest BCUT2D eigenvalue weighted by Gasteiger charge is -2.09. The number of sulfonamides is 1. The Labute approximate surface area is 98.4 Å². The van der Waals surface area contributed by atoms with E-state index in [-0.39, 0.29) is 12.6 Å². The van der Waals surface area contributed by atoms with Crippen LogP contribution in [-0.4, -0.2) is 39.3 Å². The molecule has 1 aromatic heterocycles. The van der Waals surface area contributed by atoms with Gasteiger partial charge < -0.3 is 14.3 Å². The number of furan rings is 1. The summed E-state index contributed by atoms with van der Waals surface area (Å²) < 4.78 is 35.1. The summed E-state index contributed by atoms with van der Waals surface area (Å²) in [5.41, 5.74) is 0. The second-order valence-electron chi connectivity index (χ2n) is 3.32. The minimum atomic E-state index is -3.84. The van der Waals surface area contributed by atoms with Crippen LogP contribution in [0.1, 0.15) is 17.5 Å². The number of hydrogen-bond donors (Lipinski definition) is 2. The highest BCUT2D eigenvalue weighted by Crippen LogP contribution is 2.13. The summed E-state index contributed by atoms with van der Waals surface area (Å²) in [6, 6.07) is 2.17. The SMILES string of the molecule is COC(C)CNS(=O)(=O)c1ccc(C(=O)O)o1. The van der Waals surface area contributed by atoms with Crippen LogP contribution >= 0.6 is 0 Å². The summed E-state index contributed by atoms with van der Waals surface area (Å²) in [4.78, 5) is 10.5. The van der Waals surface area contributed by atoms with Crippen LogP contribution in [-0.2, 0) is 14.8 Å². The first-order valence-electron chi connectivity index (χ1n) is 4.72. The fourth-order valence-electron chi connectivity index (χ4n) is 0.961. The zero-order valence-electron chi connectivity index (χ0n) is 9.34. The van der Waals surface area contributed by atoms with Crippen LogP contribution in [0.5, 0.6) is 0 Å².